The number of nitrogens with one attached hydrogen (secondary N) is 2. The van der Waals surface area contributed by atoms with Crippen LogP contribution in [0, 0.1) is 0 Å². The molecule has 3 aromatic rings. The summed E-state index contributed by atoms with van der Waals surface area (Å²) in [6, 6.07) is 3.25. The van der Waals surface area contributed by atoms with Gasteiger partial charge < -0.3 is 25.0 Å². The molecule has 2 fully saturated rings. The number of hydrogen-bond acceptors (Lipinski definition) is 8. The van der Waals surface area contributed by atoms with E-state index >= 15 is 0 Å². The van der Waals surface area contributed by atoms with E-state index in [1.165, 1.54) is 10.8 Å². The van der Waals surface area contributed by atoms with E-state index in [1.807, 2.05) is 27.0 Å². The van der Waals surface area contributed by atoms with Crippen LogP contribution in [0.15, 0.2) is 36.9 Å². The molecule has 1 aliphatic heterocycles. The van der Waals surface area contributed by atoms with Gasteiger partial charge in [-0.1, -0.05) is 0 Å². The van der Waals surface area contributed by atoms with Gasteiger partial charge in [-0.2, -0.15) is 0 Å². The van der Waals surface area contributed by atoms with Gasteiger partial charge in [-0.05, 0) is 90.8 Å². The van der Waals surface area contributed by atoms with Crippen LogP contribution < -0.4 is 15.5 Å². The van der Waals surface area contributed by atoms with Crippen LogP contribution >= 0.6 is 0 Å². The van der Waals surface area contributed by atoms with Crippen molar-refractivity contribution in [2.45, 2.75) is 90.4 Å². The Bertz CT molecular complexity index is 1480. The minimum absolute atomic E-state index is 0.134. The number of fused-ring (bicyclic) bond motifs is 1. The van der Waals surface area contributed by atoms with Gasteiger partial charge in [-0.25, -0.2) is 19.1 Å². The fraction of sp³-hybridized carbons (Fsp3) is 0.516. The Balaban J connectivity index is 1.58. The summed E-state index contributed by atoms with van der Waals surface area (Å²) in [6.07, 6.45) is 9.23. The summed E-state index contributed by atoms with van der Waals surface area (Å²) in [5, 5.41) is 6.71. The zero-order valence-corrected chi connectivity index (χ0v) is 25.2. The molecule has 5 rings (SSSR count). The van der Waals surface area contributed by atoms with E-state index in [0.717, 1.165) is 43.5 Å². The predicted octanol–water partition coefficient (Wildman–Crippen LogP) is 5.84. The van der Waals surface area contributed by atoms with Gasteiger partial charge >= 0.3 is 12.2 Å². The van der Waals surface area contributed by atoms with Crippen LogP contribution in [0.5, 0.6) is 0 Å². The van der Waals surface area contributed by atoms with Crippen LogP contribution in [-0.2, 0) is 9.47 Å². The van der Waals surface area contributed by atoms with E-state index in [-0.39, 0.29) is 11.9 Å². The van der Waals surface area contributed by atoms with Crippen molar-refractivity contribution in [1.82, 2.24) is 19.9 Å². The van der Waals surface area contributed by atoms with Gasteiger partial charge in [-0.15, -0.1) is 0 Å². The lowest BCUT2D eigenvalue weighted by atomic mass is 10.0. The Morgan fingerprint density at radius 2 is 1.74 bits per heavy atom. The topological polar surface area (TPSA) is 128 Å². The molecule has 1 atom stereocenters. The number of carbonyl (C=O) groups excluding carboxylic acids is 3. The van der Waals surface area contributed by atoms with Crippen molar-refractivity contribution >= 4 is 40.5 Å². The van der Waals surface area contributed by atoms with Crippen molar-refractivity contribution in [3.8, 4) is 0 Å². The average Bonchev–Trinajstić information content (AvgIpc) is 3.68. The third-order valence-electron chi connectivity index (χ3n) is 7.05. The van der Waals surface area contributed by atoms with Crippen molar-refractivity contribution in [3.63, 3.8) is 0 Å². The van der Waals surface area contributed by atoms with Gasteiger partial charge in [0, 0.05) is 43.9 Å². The van der Waals surface area contributed by atoms with Gasteiger partial charge in [0.05, 0.1) is 22.3 Å². The maximum absolute atomic E-state index is 13.4. The van der Waals surface area contributed by atoms with Gasteiger partial charge in [0.25, 0.3) is 5.91 Å². The predicted molar refractivity (Wildman–Crippen MR) is 160 cm³/mol. The number of amides is 2. The number of pyridine rings is 2. The van der Waals surface area contributed by atoms with Crippen LogP contribution in [0.4, 0.5) is 21.0 Å². The van der Waals surface area contributed by atoms with Crippen LogP contribution in [0.1, 0.15) is 89.1 Å². The number of nitrogens with zero attached hydrogens (tertiary/aromatic N) is 4. The summed E-state index contributed by atoms with van der Waals surface area (Å²) in [7, 11) is 0. The molecule has 2 N–H and O–H groups in total. The highest BCUT2D eigenvalue weighted by atomic mass is 16.6. The monoisotopic (exact) mass is 576 g/mol. The lowest BCUT2D eigenvalue weighted by Gasteiger charge is -2.36. The number of aromatic nitrogens is 3. The first-order valence-electron chi connectivity index (χ1n) is 14.5. The summed E-state index contributed by atoms with van der Waals surface area (Å²) in [5.41, 5.74) is 1.91. The molecule has 0 aromatic carbocycles. The molecular formula is C31H40N6O5. The van der Waals surface area contributed by atoms with Crippen LogP contribution in [0.25, 0.3) is 11.0 Å². The minimum atomic E-state index is -0.725. The third kappa shape index (κ3) is 6.83. The molecule has 1 unspecified atom stereocenters. The van der Waals surface area contributed by atoms with Gasteiger partial charge in [-0.3, -0.25) is 9.78 Å². The molecule has 4 heterocycles. The standard InChI is InChI=1S/C31H40N6O5/c1-30(2,3)41-28(39)34-21-10-8-14-36(17-21)25-22(19-11-12-19)16-33-26-24(25)23(18-37(26)29(40)42-31(4,5)6)35-27(38)20-9-7-13-32-15-20/h7,9,13,15-16,18-19,21H,8,10-12,14,17H2,1-6H3,(H,34,39)(H,35,38). The van der Waals surface area contributed by atoms with Crippen molar-refractivity contribution < 1.29 is 23.9 Å². The van der Waals surface area contributed by atoms with Crippen LogP contribution in [0.2, 0.25) is 0 Å². The Kier molecular flexibility index (Phi) is 7.87. The second-order valence-electron chi connectivity index (χ2n) is 13.1. The highest BCUT2D eigenvalue weighted by Crippen LogP contribution is 2.48. The van der Waals surface area contributed by atoms with E-state index in [0.29, 0.717) is 34.7 Å². The minimum Gasteiger partial charge on any atom is -0.444 e. The smallest absolute Gasteiger partial charge is 0.420 e. The number of alkyl carbamates (subject to hydrolysis) is 1. The molecule has 1 saturated carbocycles. The molecule has 3 aromatic heterocycles. The van der Waals surface area contributed by atoms with Gasteiger partial charge in [0.15, 0.2) is 5.65 Å². The highest BCUT2D eigenvalue weighted by Gasteiger charge is 2.35. The van der Waals surface area contributed by atoms with Crippen molar-refractivity contribution in [2.24, 2.45) is 0 Å². The van der Waals surface area contributed by atoms with E-state index < -0.39 is 23.4 Å². The lowest BCUT2D eigenvalue weighted by molar-refractivity contribution is 0.0497. The summed E-state index contributed by atoms with van der Waals surface area (Å²) in [5.74, 6) is -0.0138. The van der Waals surface area contributed by atoms with Crippen molar-refractivity contribution in [3.05, 3.63) is 48.0 Å². The summed E-state index contributed by atoms with van der Waals surface area (Å²) in [6.45, 7) is 12.2. The fourth-order valence-electron chi connectivity index (χ4n) is 5.23. The lowest BCUT2D eigenvalue weighted by Crippen LogP contribution is -2.49. The molecule has 0 radical (unpaired) electrons. The van der Waals surface area contributed by atoms with Crippen LogP contribution in [0.3, 0.4) is 0 Å². The Labute approximate surface area is 246 Å². The quantitative estimate of drug-likeness (QED) is 0.388. The maximum Gasteiger partial charge on any atom is 0.420 e. The Morgan fingerprint density at radius 1 is 1.00 bits per heavy atom. The van der Waals surface area contributed by atoms with E-state index in [9.17, 15) is 14.4 Å². The average molecular weight is 577 g/mol. The second kappa shape index (κ2) is 11.3. The van der Waals surface area contributed by atoms with Gasteiger partial charge in [0.1, 0.15) is 11.2 Å². The summed E-state index contributed by atoms with van der Waals surface area (Å²) in [4.78, 5) is 50.3. The maximum atomic E-state index is 13.4. The molecule has 11 heteroatoms. The van der Waals surface area contributed by atoms with Crippen molar-refractivity contribution in [2.75, 3.05) is 23.3 Å². The first-order valence-corrected chi connectivity index (χ1v) is 14.5. The first-order chi connectivity index (χ1) is 19.8. The molecule has 2 aliphatic rings. The van der Waals surface area contributed by atoms with E-state index in [2.05, 4.69) is 20.5 Å². The molecule has 42 heavy (non-hydrogen) atoms. The summed E-state index contributed by atoms with van der Waals surface area (Å²) < 4.78 is 12.6. The number of hydrogen-bond donors (Lipinski definition) is 2. The molecular weight excluding hydrogens is 536 g/mol. The number of carbonyl (C=O) groups is 3. The highest BCUT2D eigenvalue weighted by molar-refractivity contribution is 6.13. The zero-order valence-electron chi connectivity index (χ0n) is 25.2. The molecule has 1 saturated heterocycles. The number of anilines is 2. The first kappa shape index (κ1) is 29.3. The van der Waals surface area contributed by atoms with Gasteiger partial charge in [0.2, 0.25) is 0 Å². The second-order valence-corrected chi connectivity index (χ2v) is 13.1. The SMILES string of the molecule is CC(C)(C)OC(=O)NC1CCCN(c2c(C3CC3)cnc3c2c(NC(=O)c2cccnc2)cn3C(=O)OC(C)(C)C)C1. The third-order valence-corrected chi connectivity index (χ3v) is 7.05. The normalized spacial score (nSPS) is 17.6. The number of piperidine rings is 1. The van der Waals surface area contributed by atoms with Crippen LogP contribution in [-0.4, -0.2) is 63.0 Å². The molecule has 2 amide bonds. The van der Waals surface area contributed by atoms with Crippen molar-refractivity contribution in [1.29, 1.82) is 0 Å². The largest absolute Gasteiger partial charge is 0.444 e. The molecule has 0 spiro atoms. The molecule has 11 nitrogen and oxygen atoms in total. The number of rotatable bonds is 5. The molecule has 0 bridgehead atoms. The van der Waals surface area contributed by atoms with E-state index in [4.69, 9.17) is 14.5 Å². The molecule has 1 aliphatic carbocycles. The zero-order chi connectivity index (χ0) is 30.2. The Hall–Kier alpha value is -4.15. The Morgan fingerprint density at radius 3 is 2.38 bits per heavy atom. The molecule has 224 valence electrons. The number of ether oxygens (including phenoxy) is 2. The fourth-order valence-corrected chi connectivity index (χ4v) is 5.23. The van der Waals surface area contributed by atoms with E-state index in [1.54, 1.807) is 45.3 Å². The summed E-state index contributed by atoms with van der Waals surface area (Å²) >= 11 is 0.